The van der Waals surface area contributed by atoms with E-state index in [1.807, 2.05) is 25.3 Å². The molecule has 0 aliphatic rings. The van der Waals surface area contributed by atoms with Crippen molar-refractivity contribution >= 4 is 11.3 Å². The molecule has 2 atom stereocenters. The molecule has 2 N–H and O–H groups in total. The zero-order valence-corrected chi connectivity index (χ0v) is 13.0. The maximum Gasteiger partial charge on any atom is 0.120 e. The number of methoxy groups -OCH3 is 1. The van der Waals surface area contributed by atoms with Gasteiger partial charge in [0, 0.05) is 22.7 Å². The van der Waals surface area contributed by atoms with E-state index in [1.165, 1.54) is 0 Å². The van der Waals surface area contributed by atoms with Crippen LogP contribution in [0.25, 0.3) is 0 Å². The van der Waals surface area contributed by atoms with Gasteiger partial charge in [-0.2, -0.15) is 0 Å². The second-order valence-electron chi connectivity index (χ2n) is 4.86. The molecule has 0 saturated heterocycles. The number of ether oxygens (including phenoxy) is 1. The van der Waals surface area contributed by atoms with E-state index in [2.05, 4.69) is 17.2 Å². The molecule has 0 saturated carbocycles. The molecular weight excluding hydrogens is 272 g/mol. The third-order valence-corrected chi connectivity index (χ3v) is 4.35. The number of nitrogens with zero attached hydrogens (tertiary/aromatic N) is 1. The Hall–Kier alpha value is -1.59. The quantitative estimate of drug-likeness (QED) is 0.884. The predicted octanol–water partition coefficient (Wildman–Crippen LogP) is 3.58. The standard InChI is InChI=1S/C15H20N2O2S/c1-9-8-20-15(16-9)11(3)17-10(2)13-7-12(19-4)5-6-14(13)18/h5-8,10-11,17-18H,1-4H3. The third-order valence-electron chi connectivity index (χ3n) is 3.21. The first-order chi connectivity index (χ1) is 9.51. The van der Waals surface area contributed by atoms with E-state index in [0.29, 0.717) is 0 Å². The number of aryl methyl sites for hydroxylation is 1. The minimum Gasteiger partial charge on any atom is -0.508 e. The highest BCUT2D eigenvalue weighted by Crippen LogP contribution is 2.30. The van der Waals surface area contributed by atoms with E-state index in [9.17, 15) is 5.11 Å². The zero-order chi connectivity index (χ0) is 14.7. The molecule has 0 spiro atoms. The number of benzene rings is 1. The van der Waals surface area contributed by atoms with Crippen molar-refractivity contribution in [3.8, 4) is 11.5 Å². The fourth-order valence-corrected chi connectivity index (χ4v) is 2.93. The summed E-state index contributed by atoms with van der Waals surface area (Å²) in [6.07, 6.45) is 0. The van der Waals surface area contributed by atoms with Crippen LogP contribution in [0.3, 0.4) is 0 Å². The minimum absolute atomic E-state index is 0.00399. The molecule has 0 amide bonds. The van der Waals surface area contributed by atoms with Gasteiger partial charge in [-0.15, -0.1) is 11.3 Å². The van der Waals surface area contributed by atoms with Crippen molar-refractivity contribution in [1.82, 2.24) is 10.3 Å². The lowest BCUT2D eigenvalue weighted by Crippen LogP contribution is -2.22. The van der Waals surface area contributed by atoms with Crippen LogP contribution in [0.15, 0.2) is 23.6 Å². The predicted molar refractivity (Wildman–Crippen MR) is 81.5 cm³/mol. The van der Waals surface area contributed by atoms with E-state index >= 15 is 0 Å². The van der Waals surface area contributed by atoms with Gasteiger partial charge in [-0.25, -0.2) is 4.98 Å². The number of aromatic hydroxyl groups is 1. The molecule has 1 heterocycles. The highest BCUT2D eigenvalue weighted by molar-refractivity contribution is 7.09. The van der Waals surface area contributed by atoms with Gasteiger partial charge in [-0.05, 0) is 39.0 Å². The molecule has 0 radical (unpaired) electrons. The molecule has 0 aliphatic carbocycles. The largest absolute Gasteiger partial charge is 0.508 e. The number of phenols is 1. The van der Waals surface area contributed by atoms with Gasteiger partial charge in [0.2, 0.25) is 0 Å². The first-order valence-electron chi connectivity index (χ1n) is 6.56. The van der Waals surface area contributed by atoms with Crippen LogP contribution < -0.4 is 10.1 Å². The smallest absolute Gasteiger partial charge is 0.120 e. The van der Waals surface area contributed by atoms with Gasteiger partial charge >= 0.3 is 0 Å². The molecular formula is C15H20N2O2S. The van der Waals surface area contributed by atoms with E-state index < -0.39 is 0 Å². The number of hydrogen-bond acceptors (Lipinski definition) is 5. The highest BCUT2D eigenvalue weighted by atomic mass is 32.1. The van der Waals surface area contributed by atoms with Gasteiger partial charge in [-0.1, -0.05) is 0 Å². The van der Waals surface area contributed by atoms with Gasteiger partial charge in [0.15, 0.2) is 0 Å². The summed E-state index contributed by atoms with van der Waals surface area (Å²) < 4.78 is 5.20. The van der Waals surface area contributed by atoms with Crippen molar-refractivity contribution in [2.45, 2.75) is 32.9 Å². The Morgan fingerprint density at radius 3 is 2.65 bits per heavy atom. The molecule has 20 heavy (non-hydrogen) atoms. The van der Waals surface area contributed by atoms with Crippen LogP contribution in [0.1, 0.15) is 42.2 Å². The second-order valence-corrected chi connectivity index (χ2v) is 5.75. The molecule has 4 nitrogen and oxygen atoms in total. The van der Waals surface area contributed by atoms with Crippen LogP contribution >= 0.6 is 11.3 Å². The fraction of sp³-hybridized carbons (Fsp3) is 0.400. The van der Waals surface area contributed by atoms with Crippen molar-refractivity contribution in [2.75, 3.05) is 7.11 Å². The molecule has 2 rings (SSSR count). The molecule has 5 heteroatoms. The minimum atomic E-state index is 0.00399. The van der Waals surface area contributed by atoms with E-state index in [0.717, 1.165) is 22.0 Å². The zero-order valence-electron chi connectivity index (χ0n) is 12.2. The summed E-state index contributed by atoms with van der Waals surface area (Å²) in [5.74, 6) is 1.01. The van der Waals surface area contributed by atoms with Crippen LogP contribution in [0.5, 0.6) is 11.5 Å². The average molecular weight is 292 g/mol. The lowest BCUT2D eigenvalue weighted by Gasteiger charge is -2.20. The Labute approximate surface area is 123 Å². The van der Waals surface area contributed by atoms with Gasteiger partial charge < -0.3 is 15.2 Å². The van der Waals surface area contributed by atoms with Crippen LogP contribution in [0.4, 0.5) is 0 Å². The summed E-state index contributed by atoms with van der Waals surface area (Å²) in [6, 6.07) is 5.40. The van der Waals surface area contributed by atoms with Crippen LogP contribution in [-0.4, -0.2) is 17.2 Å². The van der Waals surface area contributed by atoms with Crippen LogP contribution in [0.2, 0.25) is 0 Å². The van der Waals surface area contributed by atoms with E-state index in [1.54, 1.807) is 30.6 Å². The summed E-state index contributed by atoms with van der Waals surface area (Å²) in [4.78, 5) is 4.48. The molecule has 0 aliphatic heterocycles. The van der Waals surface area contributed by atoms with Crippen LogP contribution in [-0.2, 0) is 0 Å². The Morgan fingerprint density at radius 2 is 2.05 bits per heavy atom. The van der Waals surface area contributed by atoms with Gasteiger partial charge in [0.05, 0.1) is 13.2 Å². The van der Waals surface area contributed by atoms with Crippen LogP contribution in [0, 0.1) is 6.92 Å². The topological polar surface area (TPSA) is 54.4 Å². The van der Waals surface area contributed by atoms with Crippen molar-refractivity contribution in [3.05, 3.63) is 39.8 Å². The number of nitrogens with one attached hydrogen (secondary N) is 1. The van der Waals surface area contributed by atoms with E-state index in [4.69, 9.17) is 4.74 Å². The fourth-order valence-electron chi connectivity index (χ4n) is 2.11. The van der Waals surface area contributed by atoms with Gasteiger partial charge in [0.25, 0.3) is 0 Å². The number of aromatic nitrogens is 1. The van der Waals surface area contributed by atoms with Crippen molar-refractivity contribution in [1.29, 1.82) is 0 Å². The number of hydrogen-bond donors (Lipinski definition) is 2. The summed E-state index contributed by atoms with van der Waals surface area (Å²) in [5, 5.41) is 16.5. The summed E-state index contributed by atoms with van der Waals surface area (Å²) in [6.45, 7) is 6.08. The van der Waals surface area contributed by atoms with Crippen molar-refractivity contribution in [3.63, 3.8) is 0 Å². The maximum atomic E-state index is 9.98. The molecule has 1 aromatic heterocycles. The molecule has 2 unspecified atom stereocenters. The SMILES string of the molecule is COc1ccc(O)c(C(C)NC(C)c2nc(C)cs2)c1. The van der Waals surface area contributed by atoms with Gasteiger partial charge in [-0.3, -0.25) is 0 Å². The Kier molecular flexibility index (Phi) is 4.62. The first-order valence-corrected chi connectivity index (χ1v) is 7.44. The molecule has 0 fully saturated rings. The number of rotatable bonds is 5. The molecule has 0 bridgehead atoms. The summed E-state index contributed by atoms with van der Waals surface area (Å²) in [5.41, 5.74) is 1.86. The molecule has 108 valence electrons. The Balaban J connectivity index is 2.13. The van der Waals surface area contributed by atoms with Crippen molar-refractivity contribution in [2.24, 2.45) is 0 Å². The highest BCUT2D eigenvalue weighted by Gasteiger charge is 2.16. The molecule has 1 aromatic carbocycles. The lowest BCUT2D eigenvalue weighted by atomic mass is 10.1. The normalized spacial score (nSPS) is 14.0. The summed E-state index contributed by atoms with van der Waals surface area (Å²) >= 11 is 1.65. The first kappa shape index (κ1) is 14.8. The maximum absolute atomic E-state index is 9.98. The average Bonchev–Trinajstić information content (AvgIpc) is 2.86. The number of phenolic OH excluding ortho intramolecular Hbond substituents is 1. The van der Waals surface area contributed by atoms with E-state index in [-0.39, 0.29) is 17.8 Å². The second kappa shape index (κ2) is 6.24. The third kappa shape index (κ3) is 3.29. The Morgan fingerprint density at radius 1 is 1.30 bits per heavy atom. The summed E-state index contributed by atoms with van der Waals surface area (Å²) in [7, 11) is 1.62. The molecule has 2 aromatic rings. The van der Waals surface area contributed by atoms with Crippen molar-refractivity contribution < 1.29 is 9.84 Å². The Bertz CT molecular complexity index is 583. The monoisotopic (exact) mass is 292 g/mol. The lowest BCUT2D eigenvalue weighted by molar-refractivity contribution is 0.404. The van der Waals surface area contributed by atoms with Gasteiger partial charge in [0.1, 0.15) is 16.5 Å². The number of thiazole rings is 1.